The Morgan fingerprint density at radius 3 is 2.44 bits per heavy atom. The molecule has 16 heavy (non-hydrogen) atoms. The van der Waals surface area contributed by atoms with E-state index < -0.39 is 0 Å². The highest BCUT2D eigenvalue weighted by molar-refractivity contribution is 9.10. The standard InChI is InChI=1S/C12H9BrCl2O/c13-10-7-5-9(6-8-10)11(16)3-1-2-4-12(14)15/h1-2,4-8H,3H2. The van der Waals surface area contributed by atoms with Gasteiger partial charge in [-0.25, -0.2) is 0 Å². The molecule has 0 saturated heterocycles. The summed E-state index contributed by atoms with van der Waals surface area (Å²) in [4.78, 5) is 11.6. The Hall–Kier alpha value is -0.570. The molecule has 4 heteroatoms. The number of halogens is 3. The number of benzene rings is 1. The highest BCUT2D eigenvalue weighted by atomic mass is 79.9. The first kappa shape index (κ1) is 13.5. The number of carbonyl (C=O) groups is 1. The fraction of sp³-hybridized carbons (Fsp3) is 0.0833. The van der Waals surface area contributed by atoms with E-state index in [0.29, 0.717) is 12.0 Å². The molecule has 1 nitrogen and oxygen atoms in total. The van der Waals surface area contributed by atoms with Gasteiger partial charge in [-0.15, -0.1) is 0 Å². The van der Waals surface area contributed by atoms with Crippen LogP contribution in [0, 0.1) is 0 Å². The van der Waals surface area contributed by atoms with Crippen molar-refractivity contribution in [3.05, 3.63) is 57.0 Å². The first-order chi connectivity index (χ1) is 7.59. The number of Topliss-reactive ketones (excluding diaryl/α,β-unsaturated/α-hetero) is 1. The van der Waals surface area contributed by atoms with E-state index in [9.17, 15) is 4.79 Å². The molecule has 0 bridgehead atoms. The number of allylic oxidation sites excluding steroid dienone is 3. The van der Waals surface area contributed by atoms with E-state index in [4.69, 9.17) is 23.2 Å². The number of hydrogen-bond acceptors (Lipinski definition) is 1. The van der Waals surface area contributed by atoms with E-state index in [1.165, 1.54) is 6.08 Å². The van der Waals surface area contributed by atoms with Crippen molar-refractivity contribution in [2.75, 3.05) is 0 Å². The molecule has 0 aliphatic carbocycles. The summed E-state index contributed by atoms with van der Waals surface area (Å²) in [5.74, 6) is 0.0582. The SMILES string of the molecule is O=C(CC=CC=C(Cl)Cl)c1ccc(Br)cc1. The highest BCUT2D eigenvalue weighted by Gasteiger charge is 2.02. The van der Waals surface area contributed by atoms with Gasteiger partial charge in [-0.3, -0.25) is 4.79 Å². The number of ketones is 1. The lowest BCUT2D eigenvalue weighted by Gasteiger charge is -1.97. The average Bonchev–Trinajstić information content (AvgIpc) is 2.25. The van der Waals surface area contributed by atoms with Crippen molar-refractivity contribution in [1.29, 1.82) is 0 Å². The minimum Gasteiger partial charge on any atom is -0.294 e. The van der Waals surface area contributed by atoms with Crippen molar-refractivity contribution in [2.24, 2.45) is 0 Å². The first-order valence-electron chi connectivity index (χ1n) is 4.56. The van der Waals surface area contributed by atoms with Crippen LogP contribution in [0.2, 0.25) is 0 Å². The molecule has 0 radical (unpaired) electrons. The molecule has 0 heterocycles. The summed E-state index contributed by atoms with van der Waals surface area (Å²) in [7, 11) is 0. The van der Waals surface area contributed by atoms with Crippen molar-refractivity contribution in [1.82, 2.24) is 0 Å². The smallest absolute Gasteiger partial charge is 0.166 e. The van der Waals surface area contributed by atoms with Crippen LogP contribution in [-0.2, 0) is 0 Å². The Morgan fingerprint density at radius 1 is 1.25 bits per heavy atom. The Bertz CT molecular complexity index is 417. The average molecular weight is 320 g/mol. The fourth-order valence-electron chi connectivity index (χ4n) is 1.07. The molecule has 1 aromatic rings. The monoisotopic (exact) mass is 318 g/mol. The molecule has 0 aliphatic heterocycles. The highest BCUT2D eigenvalue weighted by Crippen LogP contribution is 2.12. The number of rotatable bonds is 4. The van der Waals surface area contributed by atoms with E-state index in [1.54, 1.807) is 24.3 Å². The Kier molecular flexibility index (Phi) is 5.81. The molecule has 0 unspecified atom stereocenters. The molecule has 1 aromatic carbocycles. The molecular formula is C12H9BrCl2O. The van der Waals surface area contributed by atoms with Gasteiger partial charge in [0.25, 0.3) is 0 Å². The second kappa shape index (κ2) is 6.89. The van der Waals surface area contributed by atoms with Crippen LogP contribution in [-0.4, -0.2) is 5.78 Å². The van der Waals surface area contributed by atoms with Gasteiger partial charge < -0.3 is 0 Å². The van der Waals surface area contributed by atoms with Crippen LogP contribution in [0.15, 0.2) is 51.5 Å². The van der Waals surface area contributed by atoms with Gasteiger partial charge in [0.15, 0.2) is 5.78 Å². The van der Waals surface area contributed by atoms with Gasteiger partial charge in [0, 0.05) is 16.5 Å². The normalized spacial score (nSPS) is 10.4. The lowest BCUT2D eigenvalue weighted by atomic mass is 10.1. The number of hydrogen-bond donors (Lipinski definition) is 0. The molecule has 1 rings (SSSR count). The Labute approximate surface area is 113 Å². The first-order valence-corrected chi connectivity index (χ1v) is 6.11. The summed E-state index contributed by atoms with van der Waals surface area (Å²) in [5.41, 5.74) is 0.689. The lowest BCUT2D eigenvalue weighted by molar-refractivity contribution is 0.0996. The molecular weight excluding hydrogens is 311 g/mol. The summed E-state index contributed by atoms with van der Waals surface area (Å²) in [6, 6.07) is 7.24. The molecule has 0 atom stereocenters. The van der Waals surface area contributed by atoms with Gasteiger partial charge in [0.05, 0.1) is 0 Å². The van der Waals surface area contributed by atoms with E-state index in [2.05, 4.69) is 15.9 Å². The van der Waals surface area contributed by atoms with Gasteiger partial charge in [0.1, 0.15) is 4.49 Å². The van der Waals surface area contributed by atoms with Crippen LogP contribution in [0.3, 0.4) is 0 Å². The van der Waals surface area contributed by atoms with Crippen LogP contribution in [0.25, 0.3) is 0 Å². The predicted octanol–water partition coefficient (Wildman–Crippen LogP) is 4.90. The maximum atomic E-state index is 11.6. The molecule has 0 spiro atoms. The van der Waals surface area contributed by atoms with Crippen LogP contribution in [0.1, 0.15) is 16.8 Å². The molecule has 0 aliphatic rings. The van der Waals surface area contributed by atoms with Crippen molar-refractivity contribution >= 4 is 44.9 Å². The number of carbonyl (C=O) groups excluding carboxylic acids is 1. The second-order valence-corrected chi connectivity index (χ2v) is 4.94. The summed E-state index contributed by atoms with van der Waals surface area (Å²) in [6.07, 6.45) is 5.23. The molecule has 0 saturated carbocycles. The molecule has 84 valence electrons. The zero-order valence-electron chi connectivity index (χ0n) is 8.29. The van der Waals surface area contributed by atoms with Gasteiger partial charge in [0.2, 0.25) is 0 Å². The van der Waals surface area contributed by atoms with Crippen LogP contribution < -0.4 is 0 Å². The van der Waals surface area contributed by atoms with Gasteiger partial charge in [-0.05, 0) is 18.2 Å². The third kappa shape index (κ3) is 4.97. The zero-order valence-corrected chi connectivity index (χ0v) is 11.4. The van der Waals surface area contributed by atoms with E-state index in [-0.39, 0.29) is 10.3 Å². The van der Waals surface area contributed by atoms with E-state index in [1.807, 2.05) is 12.1 Å². The third-order valence-corrected chi connectivity index (χ3v) is 2.61. The van der Waals surface area contributed by atoms with Crippen LogP contribution in [0.5, 0.6) is 0 Å². The summed E-state index contributed by atoms with van der Waals surface area (Å²) >= 11 is 14.1. The Morgan fingerprint density at radius 2 is 1.88 bits per heavy atom. The molecule has 0 fully saturated rings. The van der Waals surface area contributed by atoms with Crippen molar-refractivity contribution in [2.45, 2.75) is 6.42 Å². The minimum absolute atomic E-state index is 0.0582. The van der Waals surface area contributed by atoms with E-state index in [0.717, 1.165) is 4.47 Å². The van der Waals surface area contributed by atoms with Crippen molar-refractivity contribution < 1.29 is 4.79 Å². The maximum absolute atomic E-state index is 11.6. The lowest BCUT2D eigenvalue weighted by Crippen LogP contribution is -1.95. The molecule has 0 aromatic heterocycles. The quantitative estimate of drug-likeness (QED) is 0.570. The van der Waals surface area contributed by atoms with Gasteiger partial charge in [-0.2, -0.15) is 0 Å². The zero-order chi connectivity index (χ0) is 12.0. The topological polar surface area (TPSA) is 17.1 Å². The summed E-state index contributed by atoms with van der Waals surface area (Å²) < 4.78 is 1.13. The third-order valence-electron chi connectivity index (χ3n) is 1.83. The van der Waals surface area contributed by atoms with Crippen molar-refractivity contribution in [3.63, 3.8) is 0 Å². The Balaban J connectivity index is 2.56. The maximum Gasteiger partial charge on any atom is 0.166 e. The molecule has 0 N–H and O–H groups in total. The summed E-state index contributed by atoms with van der Waals surface area (Å²) in [6.45, 7) is 0. The van der Waals surface area contributed by atoms with E-state index >= 15 is 0 Å². The minimum atomic E-state index is 0.0582. The predicted molar refractivity (Wildman–Crippen MR) is 72.0 cm³/mol. The van der Waals surface area contributed by atoms with Crippen molar-refractivity contribution in [3.8, 4) is 0 Å². The second-order valence-electron chi connectivity index (χ2n) is 3.02. The largest absolute Gasteiger partial charge is 0.294 e. The fourth-order valence-corrected chi connectivity index (χ4v) is 1.48. The van der Waals surface area contributed by atoms with Crippen LogP contribution >= 0.6 is 39.1 Å². The van der Waals surface area contributed by atoms with Gasteiger partial charge >= 0.3 is 0 Å². The van der Waals surface area contributed by atoms with Crippen LogP contribution in [0.4, 0.5) is 0 Å². The molecule has 0 amide bonds. The summed E-state index contributed by atoms with van der Waals surface area (Å²) in [5, 5.41) is 0. The van der Waals surface area contributed by atoms with Gasteiger partial charge in [-0.1, -0.05) is 63.4 Å².